The minimum Gasteiger partial charge on any atom is -0.465 e. The van der Waals surface area contributed by atoms with Crippen LogP contribution in [-0.2, 0) is 52.3 Å². The molecular formula is C75H128O16. The lowest BCUT2D eigenvalue weighted by atomic mass is 9.33. The van der Waals surface area contributed by atoms with Crippen molar-refractivity contribution in [3.05, 3.63) is 11.6 Å². The summed E-state index contributed by atoms with van der Waals surface area (Å²) in [6.07, 6.45) is 20.1. The number of allylic oxidation sites excluding steroid dienone is 2. The molecule has 5 aliphatic carbocycles. The number of fused-ring (bicyclic) bond motifs is 7. The zero-order valence-electron chi connectivity index (χ0n) is 58.5. The average molecular weight is 1290 g/mol. The summed E-state index contributed by atoms with van der Waals surface area (Å²) < 4.78 is 43.0. The van der Waals surface area contributed by atoms with Crippen molar-refractivity contribution in [2.45, 2.75) is 368 Å². The number of ether oxygens (including phenoxy) is 7. The Balaban J connectivity index is 1.05. The molecule has 16 heteroatoms. The van der Waals surface area contributed by atoms with Crippen molar-refractivity contribution < 1.29 is 77.9 Å². The molecule has 6 fully saturated rings. The van der Waals surface area contributed by atoms with Crippen LogP contribution >= 0.6 is 0 Å². The monoisotopic (exact) mass is 1280 g/mol. The van der Waals surface area contributed by atoms with E-state index in [0.717, 1.165) is 103 Å². The molecule has 524 valence electrons. The summed E-state index contributed by atoms with van der Waals surface area (Å²) in [5.41, 5.74) is -1.29. The first-order valence-corrected chi connectivity index (χ1v) is 37.2. The second kappa shape index (κ2) is 34.6. The highest BCUT2D eigenvalue weighted by molar-refractivity contribution is 5.95. The fraction of sp³-hybridized carbons (Fsp3) is 0.920. The summed E-state index contributed by atoms with van der Waals surface area (Å²) in [6.45, 7) is 23.0. The summed E-state index contributed by atoms with van der Waals surface area (Å²) in [5, 5.41) is 57.6. The summed E-state index contributed by atoms with van der Waals surface area (Å²) >= 11 is 0. The lowest BCUT2D eigenvalue weighted by Gasteiger charge is -2.70. The highest BCUT2D eigenvalue weighted by atomic mass is 16.8. The van der Waals surface area contributed by atoms with Gasteiger partial charge in [-0.15, -0.1) is 0 Å². The van der Waals surface area contributed by atoms with Crippen LogP contribution < -0.4 is 0 Å². The number of aliphatic hydroxyl groups is 5. The Hall–Kier alpha value is -2.54. The summed E-state index contributed by atoms with van der Waals surface area (Å²) in [5.74, 6) is -2.10. The van der Waals surface area contributed by atoms with Gasteiger partial charge in [0.1, 0.15) is 36.6 Å². The van der Waals surface area contributed by atoms with Gasteiger partial charge < -0.3 is 58.7 Å². The number of ketones is 1. The Morgan fingerprint density at radius 1 is 0.495 bits per heavy atom. The third-order valence-electron chi connectivity index (χ3n) is 24.6. The Morgan fingerprint density at radius 3 is 1.45 bits per heavy atom. The number of rotatable bonds is 37. The van der Waals surface area contributed by atoms with Gasteiger partial charge in [0.15, 0.2) is 30.6 Å². The van der Waals surface area contributed by atoms with Gasteiger partial charge in [-0.1, -0.05) is 222 Å². The van der Waals surface area contributed by atoms with E-state index in [9.17, 15) is 39.9 Å². The molecule has 5 N–H and O–H groups in total. The molecule has 16 nitrogen and oxygen atoms in total. The molecule has 0 aromatic rings. The number of hydrogen-bond donors (Lipinski definition) is 5. The Labute approximate surface area is 548 Å². The van der Waals surface area contributed by atoms with Gasteiger partial charge in [-0.25, -0.2) is 9.59 Å². The van der Waals surface area contributed by atoms with E-state index < -0.39 is 101 Å². The molecule has 4 saturated carbocycles. The van der Waals surface area contributed by atoms with Crippen molar-refractivity contribution in [3.63, 3.8) is 0 Å². The predicted molar refractivity (Wildman–Crippen MR) is 351 cm³/mol. The first-order chi connectivity index (χ1) is 43.4. The SMILES string of the molecule is CCCCCCCCCCCOC(=O)[C@H]1O[C@@H](O[C@H]2[C@H](O[C@H]3CC[C@]4(C)[C@H]5C(=O)C=C6[C@@H]7C[C@@](C)(C(=O)OCCCCCCCCCCC)CC[C@]7(C)CC[C@@]6(C)[C@]5(C)CC[C@H]4C3(C)C)O[C@H](C(=O)OCCCCCCCCCCC)[C@@H](O)[C@@H]2O)[C@H](O)[C@@H](O)[C@@H]1O. The van der Waals surface area contributed by atoms with E-state index in [0.29, 0.717) is 38.7 Å². The molecule has 0 aromatic heterocycles. The summed E-state index contributed by atoms with van der Waals surface area (Å²) in [7, 11) is 0. The molecular weight excluding hydrogens is 1160 g/mol. The van der Waals surface area contributed by atoms with Crippen LogP contribution in [0.15, 0.2) is 11.6 Å². The maximum absolute atomic E-state index is 15.5. The second-order valence-electron chi connectivity index (χ2n) is 31.6. The number of carbonyl (C=O) groups excluding carboxylic acids is 4. The van der Waals surface area contributed by atoms with E-state index >= 15 is 4.79 Å². The van der Waals surface area contributed by atoms with Gasteiger partial charge in [0.05, 0.1) is 31.3 Å². The van der Waals surface area contributed by atoms with Gasteiger partial charge in [0.25, 0.3) is 0 Å². The molecule has 0 amide bonds. The Bertz CT molecular complexity index is 2310. The van der Waals surface area contributed by atoms with Crippen LogP contribution in [0.5, 0.6) is 0 Å². The third kappa shape index (κ3) is 17.8. The zero-order chi connectivity index (χ0) is 66.2. The second-order valence-corrected chi connectivity index (χ2v) is 31.6. The molecule has 2 aliphatic heterocycles. The van der Waals surface area contributed by atoms with Gasteiger partial charge in [-0.2, -0.15) is 0 Å². The minimum atomic E-state index is -1.94. The number of carbonyl (C=O) groups is 4. The van der Waals surface area contributed by atoms with Crippen LogP contribution in [0.25, 0.3) is 0 Å². The largest absolute Gasteiger partial charge is 0.465 e. The van der Waals surface area contributed by atoms with E-state index in [2.05, 4.69) is 69.2 Å². The molecule has 19 atom stereocenters. The minimum absolute atomic E-state index is 0.0404. The fourth-order valence-corrected chi connectivity index (χ4v) is 18.4. The van der Waals surface area contributed by atoms with E-state index in [1.807, 2.05) is 6.08 Å². The van der Waals surface area contributed by atoms with Gasteiger partial charge in [-0.3, -0.25) is 9.59 Å². The van der Waals surface area contributed by atoms with E-state index in [1.54, 1.807) is 0 Å². The smallest absolute Gasteiger partial charge is 0.338 e. The quantitative estimate of drug-likeness (QED) is 0.0168. The predicted octanol–water partition coefficient (Wildman–Crippen LogP) is 14.2. The molecule has 0 aromatic carbocycles. The molecule has 0 unspecified atom stereocenters. The van der Waals surface area contributed by atoms with E-state index in [1.165, 1.54) is 102 Å². The van der Waals surface area contributed by atoms with Crippen LogP contribution in [0.1, 0.15) is 300 Å². The molecule has 0 spiro atoms. The van der Waals surface area contributed by atoms with Crippen molar-refractivity contribution in [2.75, 3.05) is 19.8 Å². The van der Waals surface area contributed by atoms with E-state index in [4.69, 9.17) is 33.2 Å². The van der Waals surface area contributed by atoms with Gasteiger partial charge in [-0.05, 0) is 129 Å². The zero-order valence-corrected chi connectivity index (χ0v) is 58.5. The molecule has 0 bridgehead atoms. The number of hydrogen-bond acceptors (Lipinski definition) is 16. The number of unbranched alkanes of at least 4 members (excludes halogenated alkanes) is 24. The van der Waals surface area contributed by atoms with Crippen LogP contribution in [0.2, 0.25) is 0 Å². The summed E-state index contributed by atoms with van der Waals surface area (Å²) in [4.78, 5) is 57.2. The van der Waals surface area contributed by atoms with Crippen molar-refractivity contribution >= 4 is 23.7 Å². The average Bonchev–Trinajstić information content (AvgIpc) is 0.676. The first-order valence-electron chi connectivity index (χ1n) is 37.2. The molecule has 2 saturated heterocycles. The Morgan fingerprint density at radius 2 is 0.945 bits per heavy atom. The maximum Gasteiger partial charge on any atom is 0.338 e. The normalized spacial score (nSPS) is 37.7. The molecule has 7 rings (SSSR count). The first kappa shape index (κ1) is 75.8. The number of aliphatic hydroxyl groups excluding tert-OH is 5. The van der Waals surface area contributed by atoms with Crippen molar-refractivity contribution in [2.24, 2.45) is 50.2 Å². The highest BCUT2D eigenvalue weighted by Crippen LogP contribution is 2.75. The standard InChI is InChI=1S/C75H128O16/c1-11-14-17-20-23-26-29-32-35-46-85-65(82)61-57(78)56(77)60(81)67(89-61)91-63-59(80)58(79)62(66(83)86-47-36-33-30-27-24-21-18-15-12-2)90-68(63)88-55-39-40-73(8)54(70(55,4)5)38-41-75(10)64(73)53(76)49-51-52-50-72(7,43-42-71(52,6)44-45-74(51,75)9)69(84)87-48-37-34-31-28-25-22-19-16-13-3/h49,52,54-64,67-68,77-81H,11-48,50H2,1-10H3/t52-,54-,55-,56-,57-,58-,59-,60+,61-,62-,63+,64+,67-,68+,71+,72-,73-,74+,75+/m0/s1. The van der Waals surface area contributed by atoms with E-state index in [-0.39, 0.29) is 53.6 Å². The van der Waals surface area contributed by atoms with Crippen LogP contribution in [-0.4, -0.2) is 137 Å². The Kier molecular flexibility index (Phi) is 28.8. The third-order valence-corrected chi connectivity index (χ3v) is 24.6. The van der Waals surface area contributed by atoms with Gasteiger partial charge >= 0.3 is 17.9 Å². The molecule has 2 heterocycles. The van der Waals surface area contributed by atoms with Gasteiger partial charge in [0, 0.05) is 5.92 Å². The number of esters is 3. The molecule has 0 radical (unpaired) electrons. The van der Waals surface area contributed by atoms with Crippen LogP contribution in [0.4, 0.5) is 0 Å². The molecule has 7 aliphatic rings. The van der Waals surface area contributed by atoms with Crippen LogP contribution in [0.3, 0.4) is 0 Å². The topological polar surface area (TPSA) is 234 Å². The van der Waals surface area contributed by atoms with Crippen molar-refractivity contribution in [3.8, 4) is 0 Å². The molecule has 91 heavy (non-hydrogen) atoms. The van der Waals surface area contributed by atoms with Gasteiger partial charge in [0.2, 0.25) is 0 Å². The van der Waals surface area contributed by atoms with Crippen molar-refractivity contribution in [1.29, 1.82) is 0 Å². The fourth-order valence-electron chi connectivity index (χ4n) is 18.4. The van der Waals surface area contributed by atoms with Crippen molar-refractivity contribution in [1.82, 2.24) is 0 Å². The summed E-state index contributed by atoms with van der Waals surface area (Å²) in [6, 6.07) is 0. The lowest BCUT2D eigenvalue weighted by Crippen LogP contribution is -2.68. The highest BCUT2D eigenvalue weighted by Gasteiger charge is 2.71. The van der Waals surface area contributed by atoms with Crippen LogP contribution in [0, 0.1) is 50.2 Å². The maximum atomic E-state index is 15.5. The lowest BCUT2D eigenvalue weighted by molar-refractivity contribution is -0.371.